The molecule has 0 aliphatic heterocycles. The topological polar surface area (TPSA) is 12.0 Å². The quantitative estimate of drug-likeness (QED) is 0.662. The second-order valence-electron chi connectivity index (χ2n) is 6.08. The van der Waals surface area contributed by atoms with Crippen molar-refractivity contribution in [2.45, 2.75) is 65.8 Å². The molecule has 0 aliphatic rings. The van der Waals surface area contributed by atoms with Crippen LogP contribution in [0.3, 0.4) is 0 Å². The van der Waals surface area contributed by atoms with Gasteiger partial charge in [-0.25, -0.2) is 0 Å². The van der Waals surface area contributed by atoms with Gasteiger partial charge >= 0.3 is 0 Å². The van der Waals surface area contributed by atoms with Gasteiger partial charge in [-0.05, 0) is 56.9 Å². The Kier molecular flexibility index (Phi) is 6.13. The normalized spacial score (nSPS) is 11.5. The van der Waals surface area contributed by atoms with Crippen LogP contribution in [-0.2, 0) is 0 Å². The van der Waals surface area contributed by atoms with E-state index in [-0.39, 0.29) is 5.54 Å². The van der Waals surface area contributed by atoms with Crippen molar-refractivity contribution in [1.82, 2.24) is 5.32 Å². The van der Waals surface area contributed by atoms with Crippen LogP contribution >= 0.6 is 11.6 Å². The van der Waals surface area contributed by atoms with Crippen molar-refractivity contribution < 1.29 is 0 Å². The molecule has 0 aromatic heterocycles. The summed E-state index contributed by atoms with van der Waals surface area (Å²) in [6.07, 6.45) is 4.61. The van der Waals surface area contributed by atoms with Crippen molar-refractivity contribution in [3.05, 3.63) is 40.4 Å². The van der Waals surface area contributed by atoms with E-state index in [1.54, 1.807) is 0 Å². The molecule has 0 aliphatic carbocycles. The van der Waals surface area contributed by atoms with Gasteiger partial charge in [0.2, 0.25) is 0 Å². The van der Waals surface area contributed by atoms with E-state index in [0.29, 0.717) is 0 Å². The van der Waals surface area contributed by atoms with Crippen molar-refractivity contribution in [1.29, 1.82) is 0 Å². The maximum absolute atomic E-state index is 6.38. The summed E-state index contributed by atoms with van der Waals surface area (Å²) in [5, 5.41) is 4.40. The lowest BCUT2D eigenvalue weighted by atomic mass is 9.90. The lowest BCUT2D eigenvalue weighted by Gasteiger charge is -2.33. The molecule has 20 heavy (non-hydrogen) atoms. The molecule has 2 heteroatoms. The summed E-state index contributed by atoms with van der Waals surface area (Å²) < 4.78 is 0. The van der Waals surface area contributed by atoms with E-state index in [4.69, 9.17) is 11.6 Å². The highest BCUT2D eigenvalue weighted by Crippen LogP contribution is 2.28. The summed E-state index contributed by atoms with van der Waals surface area (Å²) in [5.74, 6) is 0. The summed E-state index contributed by atoms with van der Waals surface area (Å²) in [6.45, 7) is 15.1. The van der Waals surface area contributed by atoms with Gasteiger partial charge in [0.05, 0.1) is 5.02 Å². The lowest BCUT2D eigenvalue weighted by Crippen LogP contribution is -2.40. The third-order valence-electron chi connectivity index (χ3n) is 3.96. The van der Waals surface area contributed by atoms with Crippen LogP contribution in [0.1, 0.15) is 63.1 Å². The lowest BCUT2D eigenvalue weighted by molar-refractivity contribution is 0.345. The Labute approximate surface area is 129 Å². The standard InChI is InChI=1S/C18H28ClN/c1-7-9-18(6,10-8-2)20-15(5)16-11-13(3)14(4)12-17(16)19/h11-12,20H,5,7-10H2,1-4,6H3. The van der Waals surface area contributed by atoms with Crippen molar-refractivity contribution >= 4 is 17.3 Å². The smallest absolute Gasteiger partial charge is 0.0501 e. The van der Waals surface area contributed by atoms with Crippen molar-refractivity contribution in [3.8, 4) is 0 Å². The molecule has 0 heterocycles. The first-order chi connectivity index (χ1) is 9.33. The van der Waals surface area contributed by atoms with E-state index in [1.165, 1.54) is 11.1 Å². The largest absolute Gasteiger partial charge is 0.380 e. The number of halogens is 1. The average molecular weight is 294 g/mol. The molecule has 112 valence electrons. The molecular weight excluding hydrogens is 266 g/mol. The molecule has 0 amide bonds. The molecular formula is C18H28ClN. The summed E-state index contributed by atoms with van der Waals surface area (Å²) in [5.41, 5.74) is 4.52. The molecule has 1 rings (SSSR count). The molecule has 1 nitrogen and oxygen atoms in total. The number of hydrogen-bond acceptors (Lipinski definition) is 1. The molecule has 1 aromatic carbocycles. The van der Waals surface area contributed by atoms with Gasteiger partial charge in [-0.2, -0.15) is 0 Å². The van der Waals surface area contributed by atoms with E-state index in [1.807, 2.05) is 6.07 Å². The van der Waals surface area contributed by atoms with E-state index in [9.17, 15) is 0 Å². The Balaban J connectivity index is 2.97. The van der Waals surface area contributed by atoms with Gasteiger partial charge in [0, 0.05) is 16.8 Å². The Morgan fingerprint density at radius 3 is 2.15 bits per heavy atom. The second-order valence-corrected chi connectivity index (χ2v) is 6.49. The number of rotatable bonds is 7. The van der Waals surface area contributed by atoms with E-state index in [2.05, 4.69) is 52.6 Å². The number of benzene rings is 1. The zero-order valence-electron chi connectivity index (χ0n) is 13.6. The van der Waals surface area contributed by atoms with Crippen LogP contribution in [0.2, 0.25) is 5.02 Å². The molecule has 1 aromatic rings. The summed E-state index contributed by atoms with van der Waals surface area (Å²) in [6, 6.07) is 4.15. The van der Waals surface area contributed by atoms with E-state index >= 15 is 0 Å². The van der Waals surface area contributed by atoms with Crippen molar-refractivity contribution in [3.63, 3.8) is 0 Å². The Bertz CT molecular complexity index is 471. The van der Waals surface area contributed by atoms with Gasteiger partial charge < -0.3 is 5.32 Å². The third kappa shape index (κ3) is 4.28. The van der Waals surface area contributed by atoms with Crippen molar-refractivity contribution in [2.24, 2.45) is 0 Å². The van der Waals surface area contributed by atoms with Gasteiger partial charge in [-0.15, -0.1) is 0 Å². The molecule has 0 unspecified atom stereocenters. The van der Waals surface area contributed by atoms with Crippen LogP contribution in [0, 0.1) is 13.8 Å². The minimum absolute atomic E-state index is 0.0999. The van der Waals surface area contributed by atoms with Crippen LogP contribution < -0.4 is 5.32 Å². The monoisotopic (exact) mass is 293 g/mol. The van der Waals surface area contributed by atoms with Gasteiger partial charge in [-0.1, -0.05) is 44.9 Å². The fourth-order valence-corrected chi connectivity index (χ4v) is 3.13. The first-order valence-corrected chi connectivity index (χ1v) is 7.95. The Morgan fingerprint density at radius 2 is 1.65 bits per heavy atom. The maximum atomic E-state index is 6.38. The molecule has 0 radical (unpaired) electrons. The molecule has 0 fully saturated rings. The third-order valence-corrected chi connectivity index (χ3v) is 4.28. The van der Waals surface area contributed by atoms with E-state index in [0.717, 1.165) is 42.0 Å². The highest BCUT2D eigenvalue weighted by atomic mass is 35.5. The Morgan fingerprint density at radius 1 is 1.15 bits per heavy atom. The zero-order valence-corrected chi connectivity index (χ0v) is 14.3. The number of hydrogen-bond donors (Lipinski definition) is 1. The highest BCUT2D eigenvalue weighted by molar-refractivity contribution is 6.32. The van der Waals surface area contributed by atoms with Crippen molar-refractivity contribution in [2.75, 3.05) is 0 Å². The zero-order chi connectivity index (χ0) is 15.3. The molecule has 0 bridgehead atoms. The summed E-state index contributed by atoms with van der Waals surface area (Å²) >= 11 is 6.38. The van der Waals surface area contributed by atoms with Gasteiger partial charge in [-0.3, -0.25) is 0 Å². The fourth-order valence-electron chi connectivity index (χ4n) is 2.80. The maximum Gasteiger partial charge on any atom is 0.0501 e. The van der Waals surface area contributed by atoms with Crippen LogP contribution in [0.15, 0.2) is 18.7 Å². The van der Waals surface area contributed by atoms with Crippen LogP contribution in [0.4, 0.5) is 0 Å². The molecule has 0 atom stereocenters. The predicted molar refractivity (Wildman–Crippen MR) is 91.3 cm³/mol. The van der Waals surface area contributed by atoms with E-state index < -0.39 is 0 Å². The van der Waals surface area contributed by atoms with Gasteiger partial charge in [0.1, 0.15) is 0 Å². The molecule has 0 spiro atoms. The van der Waals surface area contributed by atoms with Crippen LogP contribution in [0.5, 0.6) is 0 Å². The first kappa shape index (κ1) is 17.1. The number of aryl methyl sites for hydroxylation is 2. The first-order valence-electron chi connectivity index (χ1n) is 7.57. The second kappa shape index (κ2) is 7.17. The average Bonchev–Trinajstić information content (AvgIpc) is 2.33. The van der Waals surface area contributed by atoms with Gasteiger partial charge in [0.25, 0.3) is 0 Å². The molecule has 0 saturated heterocycles. The predicted octanol–water partition coefficient (Wildman–Crippen LogP) is 5.88. The fraction of sp³-hybridized carbons (Fsp3) is 0.556. The molecule has 1 N–H and O–H groups in total. The summed E-state index contributed by atoms with van der Waals surface area (Å²) in [7, 11) is 0. The van der Waals surface area contributed by atoms with Gasteiger partial charge in [0.15, 0.2) is 0 Å². The Hall–Kier alpha value is -0.950. The minimum atomic E-state index is 0.0999. The van der Waals surface area contributed by atoms with Crippen LogP contribution in [-0.4, -0.2) is 5.54 Å². The molecule has 0 saturated carbocycles. The minimum Gasteiger partial charge on any atom is -0.380 e. The SMILES string of the molecule is C=C(NC(C)(CCC)CCC)c1cc(C)c(C)cc1Cl. The highest BCUT2D eigenvalue weighted by Gasteiger charge is 2.23. The number of nitrogens with one attached hydrogen (secondary N) is 1. The van der Waals surface area contributed by atoms with Crippen LogP contribution in [0.25, 0.3) is 5.70 Å². The summed E-state index contributed by atoms with van der Waals surface area (Å²) in [4.78, 5) is 0.